The van der Waals surface area contributed by atoms with E-state index in [1.807, 2.05) is 30.3 Å². The normalized spacial score (nSPS) is 10.6. The van der Waals surface area contributed by atoms with Crippen molar-refractivity contribution in [1.29, 1.82) is 0 Å². The number of nitrogens with two attached hydrogens (primary N) is 1. The predicted octanol–water partition coefficient (Wildman–Crippen LogP) is 5.08. The summed E-state index contributed by atoms with van der Waals surface area (Å²) in [6, 6.07) is 9.89. The molecule has 2 aromatic carbocycles. The maximum absolute atomic E-state index is 5.95. The van der Waals surface area contributed by atoms with Crippen LogP contribution in [0.2, 0.25) is 0 Å². The molecule has 2 aromatic rings. The Labute approximate surface area is 130 Å². The maximum atomic E-state index is 5.95. The molecular formula is C15H15Br2NO. The van der Waals surface area contributed by atoms with Gasteiger partial charge >= 0.3 is 0 Å². The van der Waals surface area contributed by atoms with Gasteiger partial charge in [-0.05, 0) is 55.3 Å². The molecule has 19 heavy (non-hydrogen) atoms. The van der Waals surface area contributed by atoms with E-state index in [0.717, 1.165) is 37.1 Å². The molecule has 0 aromatic heterocycles. The minimum atomic E-state index is 0.448. The molecule has 0 aliphatic carbocycles. The van der Waals surface area contributed by atoms with Gasteiger partial charge in [0.2, 0.25) is 0 Å². The van der Waals surface area contributed by atoms with E-state index < -0.39 is 0 Å². The summed E-state index contributed by atoms with van der Waals surface area (Å²) in [6.07, 6.45) is 0. The molecule has 4 heteroatoms. The summed E-state index contributed by atoms with van der Waals surface area (Å²) < 4.78 is 8.07. The van der Waals surface area contributed by atoms with Gasteiger partial charge in [0, 0.05) is 21.1 Å². The van der Waals surface area contributed by atoms with E-state index in [1.54, 1.807) is 0 Å². The van der Waals surface area contributed by atoms with Crippen LogP contribution in [-0.4, -0.2) is 0 Å². The lowest BCUT2D eigenvalue weighted by Gasteiger charge is -2.13. The molecule has 0 saturated heterocycles. The minimum Gasteiger partial charge on any atom is -0.457 e. The first kappa shape index (κ1) is 14.6. The highest BCUT2D eigenvalue weighted by atomic mass is 79.9. The van der Waals surface area contributed by atoms with Gasteiger partial charge in [0.05, 0.1) is 0 Å². The molecule has 2 rings (SSSR count). The standard InChI is InChI=1S/C15H15Br2NO/c1-9-5-13(6-10(2)15(9)17)19-14-4-3-12(16)7-11(14)8-18/h3-7H,8,18H2,1-2H3. The molecule has 0 heterocycles. The summed E-state index contributed by atoms with van der Waals surface area (Å²) in [5.41, 5.74) is 9.04. The largest absolute Gasteiger partial charge is 0.457 e. The van der Waals surface area contributed by atoms with Crippen LogP contribution in [0.5, 0.6) is 11.5 Å². The Morgan fingerprint density at radius 3 is 2.26 bits per heavy atom. The monoisotopic (exact) mass is 383 g/mol. The lowest BCUT2D eigenvalue weighted by molar-refractivity contribution is 0.475. The summed E-state index contributed by atoms with van der Waals surface area (Å²) in [5.74, 6) is 1.63. The van der Waals surface area contributed by atoms with Crippen molar-refractivity contribution in [2.24, 2.45) is 5.73 Å². The maximum Gasteiger partial charge on any atom is 0.131 e. The molecule has 0 unspecified atom stereocenters. The van der Waals surface area contributed by atoms with E-state index in [1.165, 1.54) is 0 Å². The lowest BCUT2D eigenvalue weighted by Crippen LogP contribution is -1.99. The number of benzene rings is 2. The molecule has 0 aliphatic heterocycles. The fraction of sp³-hybridized carbons (Fsp3) is 0.200. The van der Waals surface area contributed by atoms with Crippen LogP contribution in [0.3, 0.4) is 0 Å². The average Bonchev–Trinajstić information content (AvgIpc) is 2.38. The van der Waals surface area contributed by atoms with E-state index in [9.17, 15) is 0 Å². The first-order chi connectivity index (χ1) is 9.01. The Bertz CT molecular complexity index is 588. The number of halogens is 2. The molecule has 0 aliphatic rings. The Morgan fingerprint density at radius 1 is 1.05 bits per heavy atom. The highest BCUT2D eigenvalue weighted by Crippen LogP contribution is 2.31. The molecule has 0 spiro atoms. The number of rotatable bonds is 3. The smallest absolute Gasteiger partial charge is 0.131 e. The first-order valence-corrected chi connectivity index (χ1v) is 7.53. The zero-order valence-electron chi connectivity index (χ0n) is 10.8. The van der Waals surface area contributed by atoms with Crippen LogP contribution < -0.4 is 10.5 Å². The van der Waals surface area contributed by atoms with Gasteiger partial charge in [-0.25, -0.2) is 0 Å². The van der Waals surface area contributed by atoms with Crippen LogP contribution in [0.15, 0.2) is 39.3 Å². The van der Waals surface area contributed by atoms with Crippen molar-refractivity contribution in [3.63, 3.8) is 0 Å². The SMILES string of the molecule is Cc1cc(Oc2ccc(Br)cc2CN)cc(C)c1Br. The van der Waals surface area contributed by atoms with E-state index in [0.29, 0.717) is 6.54 Å². The van der Waals surface area contributed by atoms with Crippen LogP contribution >= 0.6 is 31.9 Å². The second kappa shape index (κ2) is 6.07. The first-order valence-electron chi connectivity index (χ1n) is 5.94. The summed E-state index contributed by atoms with van der Waals surface area (Å²) in [5, 5.41) is 0. The van der Waals surface area contributed by atoms with E-state index >= 15 is 0 Å². The van der Waals surface area contributed by atoms with Crippen molar-refractivity contribution in [3.8, 4) is 11.5 Å². The highest BCUT2D eigenvalue weighted by Gasteiger charge is 2.07. The number of aryl methyl sites for hydroxylation is 2. The number of ether oxygens (including phenoxy) is 1. The molecular weight excluding hydrogens is 370 g/mol. The quantitative estimate of drug-likeness (QED) is 0.800. The van der Waals surface area contributed by atoms with Crippen LogP contribution in [-0.2, 0) is 6.54 Å². The van der Waals surface area contributed by atoms with Crippen LogP contribution in [0.4, 0.5) is 0 Å². The fourth-order valence-corrected chi connectivity index (χ4v) is 2.54. The molecule has 0 amide bonds. The Balaban J connectivity index is 2.36. The highest BCUT2D eigenvalue weighted by molar-refractivity contribution is 9.10. The Kier molecular flexibility index (Phi) is 4.66. The van der Waals surface area contributed by atoms with Gasteiger partial charge in [-0.2, -0.15) is 0 Å². The molecule has 2 nitrogen and oxygen atoms in total. The summed E-state index contributed by atoms with van der Waals surface area (Å²) in [7, 11) is 0. The van der Waals surface area contributed by atoms with Gasteiger partial charge in [-0.3, -0.25) is 0 Å². The second-order valence-electron chi connectivity index (χ2n) is 4.43. The van der Waals surface area contributed by atoms with Crippen LogP contribution in [0.25, 0.3) is 0 Å². The molecule has 0 radical (unpaired) electrons. The van der Waals surface area contributed by atoms with Crippen LogP contribution in [0, 0.1) is 13.8 Å². The van der Waals surface area contributed by atoms with Crippen molar-refractivity contribution < 1.29 is 4.74 Å². The van der Waals surface area contributed by atoms with Crippen molar-refractivity contribution in [2.75, 3.05) is 0 Å². The van der Waals surface area contributed by atoms with Crippen molar-refractivity contribution >= 4 is 31.9 Å². The summed E-state index contributed by atoms with van der Waals surface area (Å²) in [6.45, 7) is 4.55. The van der Waals surface area contributed by atoms with Gasteiger partial charge < -0.3 is 10.5 Å². The number of hydrogen-bond donors (Lipinski definition) is 1. The summed E-state index contributed by atoms with van der Waals surface area (Å²) in [4.78, 5) is 0. The average molecular weight is 385 g/mol. The Hall–Kier alpha value is -0.840. The third-order valence-electron chi connectivity index (χ3n) is 2.88. The number of hydrogen-bond acceptors (Lipinski definition) is 2. The third-order valence-corrected chi connectivity index (χ3v) is 4.62. The second-order valence-corrected chi connectivity index (χ2v) is 6.14. The topological polar surface area (TPSA) is 35.2 Å². The molecule has 0 atom stereocenters. The van der Waals surface area contributed by atoms with E-state index in [-0.39, 0.29) is 0 Å². The molecule has 2 N–H and O–H groups in total. The minimum absolute atomic E-state index is 0.448. The third kappa shape index (κ3) is 3.38. The predicted molar refractivity (Wildman–Crippen MR) is 85.7 cm³/mol. The van der Waals surface area contributed by atoms with Gasteiger partial charge in [0.15, 0.2) is 0 Å². The zero-order valence-corrected chi connectivity index (χ0v) is 14.0. The van der Waals surface area contributed by atoms with E-state index in [2.05, 4.69) is 45.7 Å². The molecule has 0 fully saturated rings. The lowest BCUT2D eigenvalue weighted by atomic mass is 10.1. The van der Waals surface area contributed by atoms with Gasteiger partial charge in [-0.1, -0.05) is 31.9 Å². The molecule has 0 saturated carbocycles. The van der Waals surface area contributed by atoms with Crippen molar-refractivity contribution in [1.82, 2.24) is 0 Å². The van der Waals surface area contributed by atoms with Gasteiger partial charge in [0.1, 0.15) is 11.5 Å². The van der Waals surface area contributed by atoms with Crippen molar-refractivity contribution in [2.45, 2.75) is 20.4 Å². The van der Waals surface area contributed by atoms with E-state index in [4.69, 9.17) is 10.5 Å². The van der Waals surface area contributed by atoms with Crippen LogP contribution in [0.1, 0.15) is 16.7 Å². The molecule has 100 valence electrons. The van der Waals surface area contributed by atoms with Gasteiger partial charge in [0.25, 0.3) is 0 Å². The molecule has 0 bridgehead atoms. The van der Waals surface area contributed by atoms with Gasteiger partial charge in [-0.15, -0.1) is 0 Å². The summed E-state index contributed by atoms with van der Waals surface area (Å²) >= 11 is 6.99. The fourth-order valence-electron chi connectivity index (χ4n) is 1.90. The van der Waals surface area contributed by atoms with Crippen molar-refractivity contribution in [3.05, 3.63) is 56.0 Å². The Morgan fingerprint density at radius 2 is 1.68 bits per heavy atom. The zero-order chi connectivity index (χ0) is 14.0.